The number of hydrogen-bond acceptors (Lipinski definition) is 10. The molecule has 2 aliphatic heterocycles. The van der Waals surface area contributed by atoms with Crippen molar-refractivity contribution in [2.45, 2.75) is 50.7 Å². The highest BCUT2D eigenvalue weighted by Gasteiger charge is 2.51. The van der Waals surface area contributed by atoms with E-state index in [2.05, 4.69) is 0 Å². The maximum atomic E-state index is 10.3. The molecule has 2 rings (SSSR count). The Balaban J connectivity index is 2.35. The number of hydrogen-bond donors (Lipinski definition) is 4. The molecule has 0 bridgehead atoms. The Labute approximate surface area is 190 Å². The van der Waals surface area contributed by atoms with Crippen LogP contribution >= 0.6 is 0 Å². The summed E-state index contributed by atoms with van der Waals surface area (Å²) < 4.78 is 35.0. The first kappa shape index (κ1) is 27.8. The summed E-state index contributed by atoms with van der Waals surface area (Å²) in [6.45, 7) is 3.55. The summed E-state index contributed by atoms with van der Waals surface area (Å²) in [6.07, 6.45) is -3.36. The molecule has 10 heteroatoms. The molecule has 0 radical (unpaired) electrons. The summed E-state index contributed by atoms with van der Waals surface area (Å²) in [4.78, 5) is 0. The number of rotatable bonds is 12. The molecule has 0 saturated carbocycles. The molecule has 10 atom stereocenters. The lowest BCUT2D eigenvalue weighted by atomic mass is 9.76. The van der Waals surface area contributed by atoms with Gasteiger partial charge < -0.3 is 48.8 Å². The first-order valence-corrected chi connectivity index (χ1v) is 11.3. The van der Waals surface area contributed by atoms with Crippen molar-refractivity contribution >= 4 is 0 Å². The van der Waals surface area contributed by atoms with Gasteiger partial charge in [-0.2, -0.15) is 0 Å². The summed E-state index contributed by atoms with van der Waals surface area (Å²) in [7, 11) is 4.63. The zero-order chi connectivity index (χ0) is 23.8. The molecule has 4 N–H and O–H groups in total. The largest absolute Gasteiger partial charge is 0.396 e. The molecule has 32 heavy (non-hydrogen) atoms. The third-order valence-corrected chi connectivity index (χ3v) is 6.81. The average molecular weight is 467 g/mol. The average Bonchev–Trinajstić information content (AvgIpc) is 2.79. The van der Waals surface area contributed by atoms with E-state index in [1.807, 2.05) is 13.8 Å². The van der Waals surface area contributed by atoms with Crippen molar-refractivity contribution < 1.29 is 48.8 Å². The van der Waals surface area contributed by atoms with Gasteiger partial charge in [-0.3, -0.25) is 0 Å². The molecule has 0 aromatic heterocycles. The minimum absolute atomic E-state index is 0.116. The van der Waals surface area contributed by atoms with Crippen molar-refractivity contribution in [3.63, 3.8) is 0 Å². The van der Waals surface area contributed by atoms with Crippen molar-refractivity contribution in [1.82, 2.24) is 0 Å². The van der Waals surface area contributed by atoms with E-state index in [0.717, 1.165) is 0 Å². The first-order valence-electron chi connectivity index (χ1n) is 11.3. The Morgan fingerprint density at radius 1 is 0.688 bits per heavy atom. The van der Waals surface area contributed by atoms with Crippen LogP contribution in [-0.4, -0.2) is 118 Å². The third kappa shape index (κ3) is 5.99. The van der Waals surface area contributed by atoms with Crippen LogP contribution < -0.4 is 0 Å². The van der Waals surface area contributed by atoms with Gasteiger partial charge in [-0.1, -0.05) is 13.8 Å². The van der Waals surface area contributed by atoms with Crippen molar-refractivity contribution in [1.29, 1.82) is 0 Å². The quantitative estimate of drug-likeness (QED) is 0.291. The van der Waals surface area contributed by atoms with E-state index in [0.29, 0.717) is 0 Å². The van der Waals surface area contributed by atoms with Gasteiger partial charge in [0.25, 0.3) is 0 Å². The van der Waals surface area contributed by atoms with Gasteiger partial charge in [-0.05, 0) is 5.92 Å². The van der Waals surface area contributed by atoms with Crippen LogP contribution in [-0.2, 0) is 28.4 Å². The Bertz CT molecular complexity index is 519. The highest BCUT2D eigenvalue weighted by atomic mass is 16.7. The van der Waals surface area contributed by atoms with Gasteiger partial charge in [0.2, 0.25) is 0 Å². The van der Waals surface area contributed by atoms with Crippen LogP contribution in [0.25, 0.3) is 0 Å². The lowest BCUT2D eigenvalue weighted by molar-refractivity contribution is -0.330. The number of methoxy groups -OCH3 is 3. The molecule has 2 fully saturated rings. The third-order valence-electron chi connectivity index (χ3n) is 6.81. The molecule has 0 aliphatic carbocycles. The van der Waals surface area contributed by atoms with E-state index in [9.17, 15) is 20.4 Å². The lowest BCUT2D eigenvalue weighted by Gasteiger charge is -2.51. The Hall–Kier alpha value is -0.400. The smallest absolute Gasteiger partial charge is 0.164 e. The van der Waals surface area contributed by atoms with E-state index in [1.54, 1.807) is 14.2 Å². The molecular weight excluding hydrogens is 424 g/mol. The van der Waals surface area contributed by atoms with Gasteiger partial charge in [0.1, 0.15) is 12.2 Å². The maximum absolute atomic E-state index is 10.3. The molecule has 0 spiro atoms. The van der Waals surface area contributed by atoms with Crippen LogP contribution in [0.2, 0.25) is 0 Å². The molecule has 0 amide bonds. The molecule has 190 valence electrons. The molecule has 2 saturated heterocycles. The SMILES string of the molecule is COCC1OC(OC2C(COC)OC(C(C)C)C(CO)C2CO)C(CO)C(CO)C1OC. The highest BCUT2D eigenvalue weighted by Crippen LogP contribution is 2.40. The molecule has 2 heterocycles. The van der Waals surface area contributed by atoms with Crippen molar-refractivity contribution in [3.8, 4) is 0 Å². The Kier molecular flexibility index (Phi) is 11.7. The van der Waals surface area contributed by atoms with Crippen LogP contribution in [0, 0.1) is 29.6 Å². The van der Waals surface area contributed by atoms with Gasteiger partial charge in [0.05, 0.1) is 38.1 Å². The monoisotopic (exact) mass is 466 g/mol. The van der Waals surface area contributed by atoms with Gasteiger partial charge in [-0.15, -0.1) is 0 Å². The number of ether oxygens (including phenoxy) is 6. The standard InChI is InChI=1S/C22H42O10/c1-12(2)19-13(6-23)14(7-24)21(18(30-19)11-28-4)32-22-16(9-26)15(8-25)20(29-5)17(31-22)10-27-3/h12-26H,6-11H2,1-5H3. The summed E-state index contributed by atoms with van der Waals surface area (Å²) in [5, 5.41) is 40.5. The van der Waals surface area contributed by atoms with Crippen molar-refractivity contribution in [2.75, 3.05) is 61.0 Å². The van der Waals surface area contributed by atoms with Crippen LogP contribution in [0.15, 0.2) is 0 Å². The zero-order valence-corrected chi connectivity index (χ0v) is 19.8. The van der Waals surface area contributed by atoms with Gasteiger partial charge in [0, 0.05) is 64.8 Å². The van der Waals surface area contributed by atoms with E-state index in [-0.39, 0.29) is 57.6 Å². The van der Waals surface area contributed by atoms with Crippen molar-refractivity contribution in [2.24, 2.45) is 29.6 Å². The highest BCUT2D eigenvalue weighted by molar-refractivity contribution is 4.96. The van der Waals surface area contributed by atoms with Crippen LogP contribution in [0.1, 0.15) is 13.8 Å². The Morgan fingerprint density at radius 3 is 1.62 bits per heavy atom. The lowest BCUT2D eigenvalue weighted by Crippen LogP contribution is -2.61. The minimum atomic E-state index is -0.902. The second-order valence-corrected chi connectivity index (χ2v) is 9.02. The molecule has 10 nitrogen and oxygen atoms in total. The van der Waals surface area contributed by atoms with E-state index < -0.39 is 48.5 Å². The summed E-state index contributed by atoms with van der Waals surface area (Å²) in [6, 6.07) is 0. The fraction of sp³-hybridized carbons (Fsp3) is 1.00. The van der Waals surface area contributed by atoms with Gasteiger partial charge in [-0.25, -0.2) is 0 Å². The summed E-state index contributed by atoms with van der Waals surface area (Å²) in [5.41, 5.74) is 0. The van der Waals surface area contributed by atoms with E-state index >= 15 is 0 Å². The second kappa shape index (κ2) is 13.5. The van der Waals surface area contributed by atoms with Gasteiger partial charge >= 0.3 is 0 Å². The first-order chi connectivity index (χ1) is 15.4. The summed E-state index contributed by atoms with van der Waals surface area (Å²) >= 11 is 0. The molecular formula is C22H42O10. The van der Waals surface area contributed by atoms with Crippen LogP contribution in [0.3, 0.4) is 0 Å². The van der Waals surface area contributed by atoms with E-state index in [1.165, 1.54) is 7.11 Å². The van der Waals surface area contributed by atoms with Crippen molar-refractivity contribution in [3.05, 3.63) is 0 Å². The molecule has 0 aromatic carbocycles. The Morgan fingerprint density at radius 2 is 1.19 bits per heavy atom. The molecule has 0 aromatic rings. The van der Waals surface area contributed by atoms with E-state index in [4.69, 9.17) is 28.4 Å². The normalized spacial score (nSPS) is 40.7. The fourth-order valence-electron chi connectivity index (χ4n) is 5.21. The number of aliphatic hydroxyl groups excluding tert-OH is 4. The molecule has 2 aliphatic rings. The zero-order valence-electron chi connectivity index (χ0n) is 19.8. The predicted molar refractivity (Wildman–Crippen MR) is 114 cm³/mol. The molecule has 10 unspecified atom stereocenters. The second-order valence-electron chi connectivity index (χ2n) is 9.02. The predicted octanol–water partition coefficient (Wildman–Crippen LogP) is -0.738. The fourth-order valence-corrected chi connectivity index (χ4v) is 5.21. The maximum Gasteiger partial charge on any atom is 0.164 e. The van der Waals surface area contributed by atoms with Gasteiger partial charge in [0.15, 0.2) is 6.29 Å². The van der Waals surface area contributed by atoms with Crippen LogP contribution in [0.4, 0.5) is 0 Å². The summed E-state index contributed by atoms with van der Waals surface area (Å²) in [5.74, 6) is -1.68. The topological polar surface area (TPSA) is 136 Å². The minimum Gasteiger partial charge on any atom is -0.396 e. The number of aliphatic hydroxyl groups is 4. The van der Waals surface area contributed by atoms with Crippen LogP contribution in [0.5, 0.6) is 0 Å².